The summed E-state index contributed by atoms with van der Waals surface area (Å²) in [6, 6.07) is 22.6. The molecule has 0 spiro atoms. The molecule has 285 valence electrons. The smallest absolute Gasteiger partial charge is 0.416 e. The van der Waals surface area contributed by atoms with Crippen LogP contribution in [-0.2, 0) is 26.3 Å². The first kappa shape index (κ1) is 43.2. The van der Waals surface area contributed by atoms with E-state index in [1.165, 1.54) is 18.2 Å². The van der Waals surface area contributed by atoms with Gasteiger partial charge in [0.2, 0.25) is 0 Å². The topological polar surface area (TPSA) is 73.0 Å². The predicted molar refractivity (Wildman–Crippen MR) is 207 cm³/mol. The SMILES string of the molecule is CC(C)(C)C(=[OH+])/C=C(\O)C(C)(C)C.Cc1[c-]c(-c2nccc3c2ccc2ccc(C(F)(F)F)cc23)cc(-c2cc(OC(C)C)cc(OC(C)C)c2)c1.[Ir]. The zero-order valence-electron chi connectivity index (χ0n) is 32.3. The van der Waals surface area contributed by atoms with Crippen LogP contribution in [0.4, 0.5) is 13.2 Å². The van der Waals surface area contributed by atoms with Crippen molar-refractivity contribution in [3.63, 3.8) is 0 Å². The number of nitrogens with zero attached hydrogens (tertiary/aromatic N) is 1. The Kier molecular flexibility index (Phi) is 13.7. The van der Waals surface area contributed by atoms with Crippen molar-refractivity contribution in [2.75, 3.05) is 0 Å². The molecule has 1 aromatic heterocycles. The third-order valence-electron chi connectivity index (χ3n) is 8.12. The van der Waals surface area contributed by atoms with Crippen LogP contribution in [0.15, 0.2) is 84.8 Å². The summed E-state index contributed by atoms with van der Waals surface area (Å²) in [7, 11) is 0. The summed E-state index contributed by atoms with van der Waals surface area (Å²) in [4.78, 5) is 14.2. The van der Waals surface area contributed by atoms with Crippen LogP contribution in [0.3, 0.4) is 0 Å². The molecule has 0 aliphatic heterocycles. The van der Waals surface area contributed by atoms with Crippen LogP contribution >= 0.6 is 0 Å². The van der Waals surface area contributed by atoms with Crippen LogP contribution in [0.5, 0.6) is 11.5 Å². The number of aliphatic hydroxyl groups excluding tert-OH is 1. The Morgan fingerprint density at radius 1 is 0.755 bits per heavy atom. The number of ether oxygens (including phenoxy) is 2. The summed E-state index contributed by atoms with van der Waals surface area (Å²) in [6.07, 6.45) is -1.33. The Morgan fingerprint density at radius 3 is 1.85 bits per heavy atom. The minimum absolute atomic E-state index is 0. The Labute approximate surface area is 325 Å². The Hall–Kier alpha value is -4.20. The van der Waals surface area contributed by atoms with E-state index in [0.717, 1.165) is 39.1 Å². The summed E-state index contributed by atoms with van der Waals surface area (Å²) >= 11 is 0. The van der Waals surface area contributed by atoms with Crippen LogP contribution in [0.25, 0.3) is 43.9 Å². The van der Waals surface area contributed by atoms with Crippen molar-refractivity contribution in [3.8, 4) is 33.9 Å². The minimum atomic E-state index is -4.42. The van der Waals surface area contributed by atoms with E-state index in [-0.39, 0.29) is 54.7 Å². The van der Waals surface area contributed by atoms with Gasteiger partial charge in [-0.2, -0.15) is 13.2 Å². The van der Waals surface area contributed by atoms with E-state index in [4.69, 9.17) is 9.47 Å². The van der Waals surface area contributed by atoms with E-state index in [1.807, 2.05) is 119 Å². The molecule has 5 nitrogen and oxygen atoms in total. The monoisotopic (exact) mass is 906 g/mol. The quantitative estimate of drug-likeness (QED) is 0.0581. The molecule has 1 heterocycles. The summed E-state index contributed by atoms with van der Waals surface area (Å²) in [5, 5.41) is 12.3. The molecule has 0 unspecified atom stereocenters. The van der Waals surface area contributed by atoms with Crippen molar-refractivity contribution >= 4 is 27.3 Å². The molecule has 0 amide bonds. The van der Waals surface area contributed by atoms with Gasteiger partial charge in [-0.25, -0.2) is 0 Å². The van der Waals surface area contributed by atoms with E-state index in [2.05, 4.69) is 11.1 Å². The number of alkyl halides is 3. The second kappa shape index (κ2) is 16.9. The molecule has 0 saturated carbocycles. The van der Waals surface area contributed by atoms with Gasteiger partial charge in [-0.15, -0.1) is 34.9 Å². The summed E-state index contributed by atoms with van der Waals surface area (Å²) in [5.41, 5.74) is 2.88. The zero-order valence-corrected chi connectivity index (χ0v) is 34.7. The number of aliphatic hydroxyl groups is 1. The summed E-state index contributed by atoms with van der Waals surface area (Å²) < 4.78 is 52.4. The van der Waals surface area contributed by atoms with E-state index in [9.17, 15) is 23.1 Å². The second-order valence-corrected chi connectivity index (χ2v) is 15.7. The van der Waals surface area contributed by atoms with Crippen LogP contribution < -0.4 is 9.47 Å². The molecule has 9 heteroatoms. The van der Waals surface area contributed by atoms with Gasteiger partial charge in [0, 0.05) is 37.8 Å². The Bertz CT molecular complexity index is 2080. The Morgan fingerprint density at radius 2 is 1.32 bits per heavy atom. The van der Waals surface area contributed by atoms with Gasteiger partial charge in [-0.1, -0.05) is 45.9 Å². The van der Waals surface area contributed by atoms with Gasteiger partial charge in [-0.05, 0) is 112 Å². The number of pyridine rings is 1. The standard InChI is InChI=1S/C33H29F3NO2.C11H20O2.Ir/c1-19(2)38-27-15-24(16-28(18-27)39-20(3)4)23-12-21(5)13-25(14-23)32-30-9-7-22-6-8-26(33(34,35)36)17-31(22)29(30)10-11-37-32;1-10(2,3)8(12)7-9(13)11(4,5)6;/h6-12,14-20H,1-5H3;7,12H,1-6H3;/q-1;;/p+1/b;8-7-;. The van der Waals surface area contributed by atoms with E-state index < -0.39 is 11.7 Å². The first-order valence-electron chi connectivity index (χ1n) is 17.4. The van der Waals surface area contributed by atoms with Crippen LogP contribution in [0.1, 0.15) is 80.4 Å². The second-order valence-electron chi connectivity index (χ2n) is 15.7. The molecule has 4 aromatic carbocycles. The fourth-order valence-electron chi connectivity index (χ4n) is 5.37. The van der Waals surface area contributed by atoms with Gasteiger partial charge in [0.05, 0.1) is 29.3 Å². The number of halogens is 3. The fraction of sp³-hybridized carbons (Fsp3) is 0.364. The van der Waals surface area contributed by atoms with Gasteiger partial charge >= 0.3 is 12.0 Å². The first-order chi connectivity index (χ1) is 24.0. The molecule has 0 atom stereocenters. The molecule has 1 radical (unpaired) electrons. The number of aromatic nitrogens is 1. The number of carbonyl (C=O) groups excluding carboxylic acids is 1. The third-order valence-corrected chi connectivity index (χ3v) is 8.12. The molecule has 5 aromatic rings. The van der Waals surface area contributed by atoms with Crippen LogP contribution in [0, 0.1) is 23.8 Å². The van der Waals surface area contributed by atoms with Crippen molar-refractivity contribution in [1.82, 2.24) is 4.98 Å². The summed E-state index contributed by atoms with van der Waals surface area (Å²) in [5.74, 6) is 1.83. The largest absolute Gasteiger partial charge is 0.511 e. The third kappa shape index (κ3) is 11.4. The van der Waals surface area contributed by atoms with Crippen molar-refractivity contribution in [2.45, 2.75) is 94.5 Å². The van der Waals surface area contributed by atoms with Crippen LogP contribution in [0.2, 0.25) is 0 Å². The van der Waals surface area contributed by atoms with E-state index in [1.54, 1.807) is 12.3 Å². The van der Waals surface area contributed by atoms with Gasteiger partial charge in [0.1, 0.15) is 17.3 Å². The first-order valence-corrected chi connectivity index (χ1v) is 17.4. The molecule has 0 bridgehead atoms. The molecular formula is C44H50F3IrNO4. The average molecular weight is 906 g/mol. The molecule has 0 aliphatic carbocycles. The van der Waals surface area contributed by atoms with Gasteiger partial charge in [-0.3, -0.25) is 4.79 Å². The molecule has 53 heavy (non-hydrogen) atoms. The number of aryl methyl sites for hydroxylation is 1. The van der Waals surface area contributed by atoms with Crippen molar-refractivity contribution in [3.05, 3.63) is 102 Å². The maximum absolute atomic E-state index is 13.5. The molecule has 5 rings (SSSR count). The minimum Gasteiger partial charge on any atom is -0.511 e. The fourth-order valence-corrected chi connectivity index (χ4v) is 5.37. The average Bonchev–Trinajstić information content (AvgIpc) is 3.02. The van der Waals surface area contributed by atoms with Crippen molar-refractivity contribution in [2.24, 2.45) is 10.8 Å². The maximum atomic E-state index is 13.5. The molecule has 0 aliphatic rings. The van der Waals surface area contributed by atoms with Gasteiger partial charge < -0.3 is 19.6 Å². The number of fused-ring (bicyclic) bond motifs is 3. The molecule has 2 N–H and O–H groups in total. The number of rotatable bonds is 7. The van der Waals surface area contributed by atoms with Crippen LogP contribution in [-0.4, -0.2) is 32.9 Å². The maximum Gasteiger partial charge on any atom is 0.416 e. The normalized spacial score (nSPS) is 12.4. The Balaban J connectivity index is 0.000000464. The molecule has 0 saturated heterocycles. The van der Waals surface area contributed by atoms with E-state index in [0.29, 0.717) is 28.0 Å². The number of allylic oxidation sites excluding steroid dienone is 2. The van der Waals surface area contributed by atoms with Crippen molar-refractivity contribution < 1.29 is 52.7 Å². The number of ketones is 1. The molecule has 0 fully saturated rings. The van der Waals surface area contributed by atoms with Gasteiger partial charge in [0.15, 0.2) is 0 Å². The predicted octanol–water partition coefficient (Wildman–Crippen LogP) is 12.5. The number of hydrogen-bond acceptors (Lipinski definition) is 4. The van der Waals surface area contributed by atoms with E-state index >= 15 is 0 Å². The summed E-state index contributed by atoms with van der Waals surface area (Å²) in [6.45, 7) is 21.2. The number of hydrogen-bond donors (Lipinski definition) is 1. The van der Waals surface area contributed by atoms with Crippen molar-refractivity contribution in [1.29, 1.82) is 0 Å². The van der Waals surface area contributed by atoms with Gasteiger partial charge in [0.25, 0.3) is 0 Å². The zero-order chi connectivity index (χ0) is 38.8. The number of benzene rings is 4. The molecular weight excluding hydrogens is 856 g/mol.